The normalized spacial score (nSPS) is 14.3. The molecular weight excluding hydrogens is 212 g/mol. The Balaban J connectivity index is 2.48. The molecule has 0 aromatic heterocycles. The lowest BCUT2D eigenvalue weighted by molar-refractivity contribution is 1.04. The van der Waals surface area contributed by atoms with Crippen molar-refractivity contribution < 1.29 is 0 Å². The molecule has 0 saturated carbocycles. The van der Waals surface area contributed by atoms with E-state index in [1.807, 2.05) is 0 Å². The van der Waals surface area contributed by atoms with Crippen LogP contribution >= 0.6 is 15.9 Å². The highest BCUT2D eigenvalue weighted by Crippen LogP contribution is 2.31. The zero-order valence-electron chi connectivity index (χ0n) is 7.10. The number of hydrogen-bond acceptors (Lipinski definition) is 0. The molecule has 0 amide bonds. The maximum Gasteiger partial charge on any atom is 0.0250 e. The second kappa shape index (κ2) is 3.06. The van der Waals surface area contributed by atoms with E-state index in [0.717, 1.165) is 6.42 Å². The zero-order valence-corrected chi connectivity index (χ0v) is 8.69. The molecule has 0 nitrogen and oxygen atoms in total. The number of benzene rings is 1. The Hall–Kier alpha value is -0.560. The Morgan fingerprint density at radius 1 is 1.42 bits per heavy atom. The summed E-state index contributed by atoms with van der Waals surface area (Å²) in [5.41, 5.74) is 4.38. The van der Waals surface area contributed by atoms with Gasteiger partial charge in [-0.25, -0.2) is 0 Å². The highest BCUT2D eigenvalue weighted by Gasteiger charge is 2.12. The lowest BCUT2D eigenvalue weighted by atomic mass is 10.1. The first-order valence-electron chi connectivity index (χ1n) is 4.28. The van der Waals surface area contributed by atoms with Gasteiger partial charge in [-0.05, 0) is 30.0 Å². The van der Waals surface area contributed by atoms with Gasteiger partial charge in [-0.1, -0.05) is 46.6 Å². The van der Waals surface area contributed by atoms with Crippen molar-refractivity contribution in [1.29, 1.82) is 0 Å². The Kier molecular flexibility index (Phi) is 2.05. The molecule has 2 rings (SSSR count). The van der Waals surface area contributed by atoms with Crippen LogP contribution in [0.15, 0.2) is 28.2 Å². The van der Waals surface area contributed by atoms with Crippen LogP contribution in [0.5, 0.6) is 0 Å². The van der Waals surface area contributed by atoms with E-state index >= 15 is 0 Å². The Labute approximate surface area is 81.4 Å². The molecule has 1 aliphatic carbocycles. The van der Waals surface area contributed by atoms with Crippen LogP contribution < -0.4 is 0 Å². The fraction of sp³-hybridized carbons (Fsp3) is 0.273. The van der Waals surface area contributed by atoms with Crippen molar-refractivity contribution in [2.45, 2.75) is 19.8 Å². The van der Waals surface area contributed by atoms with Gasteiger partial charge in [0.05, 0.1) is 0 Å². The quantitative estimate of drug-likeness (QED) is 0.679. The Morgan fingerprint density at radius 2 is 2.25 bits per heavy atom. The van der Waals surface area contributed by atoms with Gasteiger partial charge in [0.1, 0.15) is 0 Å². The molecule has 0 spiro atoms. The molecule has 1 aliphatic rings. The Morgan fingerprint density at radius 3 is 2.92 bits per heavy atom. The van der Waals surface area contributed by atoms with Crippen molar-refractivity contribution in [3.63, 3.8) is 0 Å². The average Bonchev–Trinajstić information content (AvgIpc) is 2.49. The van der Waals surface area contributed by atoms with Gasteiger partial charge in [0.2, 0.25) is 0 Å². The summed E-state index contributed by atoms with van der Waals surface area (Å²) >= 11 is 3.56. The van der Waals surface area contributed by atoms with Gasteiger partial charge in [-0.3, -0.25) is 0 Å². The number of halogens is 1. The average molecular weight is 223 g/mol. The molecule has 0 aliphatic heterocycles. The molecule has 0 heterocycles. The van der Waals surface area contributed by atoms with Gasteiger partial charge in [-0.15, -0.1) is 0 Å². The van der Waals surface area contributed by atoms with Crippen molar-refractivity contribution in [2.24, 2.45) is 0 Å². The van der Waals surface area contributed by atoms with Crippen molar-refractivity contribution >= 4 is 22.0 Å². The number of hydrogen-bond donors (Lipinski definition) is 0. The highest BCUT2D eigenvalue weighted by atomic mass is 79.9. The minimum absolute atomic E-state index is 1.14. The summed E-state index contributed by atoms with van der Waals surface area (Å²) in [4.78, 5) is 0. The van der Waals surface area contributed by atoms with Gasteiger partial charge in [0, 0.05) is 4.47 Å². The third-order valence-corrected chi connectivity index (χ3v) is 3.05. The van der Waals surface area contributed by atoms with Crippen LogP contribution in [0.2, 0.25) is 0 Å². The standard InChI is InChI=1S/C11H11Br/c1-2-8-6-9-4-3-5-11(12)10(9)7-8/h3-5,7H,2,6H2,1H3. The smallest absolute Gasteiger partial charge is 0.0250 e. The van der Waals surface area contributed by atoms with E-state index in [1.165, 1.54) is 27.6 Å². The van der Waals surface area contributed by atoms with Crippen LogP contribution in [0, 0.1) is 0 Å². The van der Waals surface area contributed by atoms with Crippen LogP contribution in [0.25, 0.3) is 6.08 Å². The van der Waals surface area contributed by atoms with Crippen molar-refractivity contribution in [3.05, 3.63) is 39.4 Å². The van der Waals surface area contributed by atoms with Crippen LogP contribution in [0.1, 0.15) is 24.5 Å². The van der Waals surface area contributed by atoms with Gasteiger partial charge in [-0.2, -0.15) is 0 Å². The minimum Gasteiger partial charge on any atom is -0.0654 e. The van der Waals surface area contributed by atoms with Crippen LogP contribution in [0.4, 0.5) is 0 Å². The molecule has 1 heteroatoms. The summed E-state index contributed by atoms with van der Waals surface area (Å²) in [5.74, 6) is 0. The second-order valence-corrected chi connectivity index (χ2v) is 4.00. The summed E-state index contributed by atoms with van der Waals surface area (Å²) in [6.45, 7) is 2.21. The zero-order chi connectivity index (χ0) is 8.55. The predicted molar refractivity (Wildman–Crippen MR) is 56.1 cm³/mol. The highest BCUT2D eigenvalue weighted by molar-refractivity contribution is 9.10. The van der Waals surface area contributed by atoms with E-state index in [0.29, 0.717) is 0 Å². The predicted octanol–water partition coefficient (Wildman–Crippen LogP) is 3.80. The number of allylic oxidation sites excluding steroid dienone is 1. The molecular formula is C11H11Br. The van der Waals surface area contributed by atoms with Gasteiger partial charge in [0.15, 0.2) is 0 Å². The fourth-order valence-corrected chi connectivity index (χ4v) is 2.15. The van der Waals surface area contributed by atoms with Gasteiger partial charge in [0.25, 0.3) is 0 Å². The van der Waals surface area contributed by atoms with Crippen molar-refractivity contribution in [3.8, 4) is 0 Å². The maximum atomic E-state index is 3.56. The van der Waals surface area contributed by atoms with Gasteiger partial charge < -0.3 is 0 Å². The molecule has 0 bridgehead atoms. The van der Waals surface area contributed by atoms with E-state index in [2.05, 4.69) is 47.1 Å². The summed E-state index contributed by atoms with van der Waals surface area (Å²) in [7, 11) is 0. The summed E-state index contributed by atoms with van der Waals surface area (Å²) in [5, 5.41) is 0. The molecule has 0 atom stereocenters. The summed E-state index contributed by atoms with van der Waals surface area (Å²) in [6.07, 6.45) is 4.62. The van der Waals surface area contributed by atoms with E-state index in [9.17, 15) is 0 Å². The van der Waals surface area contributed by atoms with E-state index < -0.39 is 0 Å². The lowest BCUT2D eigenvalue weighted by Gasteiger charge is -1.99. The summed E-state index contributed by atoms with van der Waals surface area (Å²) in [6, 6.07) is 6.42. The van der Waals surface area contributed by atoms with Crippen molar-refractivity contribution in [1.82, 2.24) is 0 Å². The third-order valence-electron chi connectivity index (χ3n) is 2.36. The minimum atomic E-state index is 1.14. The van der Waals surface area contributed by atoms with E-state index in [4.69, 9.17) is 0 Å². The fourth-order valence-electron chi connectivity index (χ4n) is 1.62. The molecule has 62 valence electrons. The van der Waals surface area contributed by atoms with Gasteiger partial charge >= 0.3 is 0 Å². The van der Waals surface area contributed by atoms with E-state index in [1.54, 1.807) is 0 Å². The molecule has 0 unspecified atom stereocenters. The first kappa shape index (κ1) is 8.06. The first-order valence-corrected chi connectivity index (χ1v) is 5.07. The van der Waals surface area contributed by atoms with E-state index in [-0.39, 0.29) is 0 Å². The molecule has 12 heavy (non-hydrogen) atoms. The first-order chi connectivity index (χ1) is 5.81. The lowest BCUT2D eigenvalue weighted by Crippen LogP contribution is -1.83. The monoisotopic (exact) mass is 222 g/mol. The molecule has 1 aromatic rings. The van der Waals surface area contributed by atoms with Crippen LogP contribution in [-0.4, -0.2) is 0 Å². The Bertz CT molecular complexity index is 337. The van der Waals surface area contributed by atoms with Crippen LogP contribution in [-0.2, 0) is 6.42 Å². The SMILES string of the molecule is CCC1=Cc2c(Br)cccc2C1. The molecule has 0 radical (unpaired) electrons. The topological polar surface area (TPSA) is 0 Å². The third kappa shape index (κ3) is 1.22. The molecule has 0 saturated heterocycles. The largest absolute Gasteiger partial charge is 0.0654 e. The van der Waals surface area contributed by atoms with Crippen molar-refractivity contribution in [2.75, 3.05) is 0 Å². The number of fused-ring (bicyclic) bond motifs is 1. The molecule has 1 aromatic carbocycles. The molecule has 0 fully saturated rings. The second-order valence-electron chi connectivity index (χ2n) is 3.15. The molecule has 0 N–H and O–H groups in total. The number of rotatable bonds is 1. The maximum absolute atomic E-state index is 3.56. The summed E-state index contributed by atoms with van der Waals surface area (Å²) < 4.78 is 1.23. The van der Waals surface area contributed by atoms with Crippen LogP contribution in [0.3, 0.4) is 0 Å².